The summed E-state index contributed by atoms with van der Waals surface area (Å²) in [5, 5.41) is 6.01. The first-order valence-electron chi connectivity index (χ1n) is 6.41. The van der Waals surface area contributed by atoms with E-state index in [2.05, 4.69) is 17.6 Å². The van der Waals surface area contributed by atoms with Gasteiger partial charge in [0.2, 0.25) is 5.91 Å². The topological polar surface area (TPSA) is 44.4 Å². The van der Waals surface area contributed by atoms with E-state index in [4.69, 9.17) is 12.2 Å². The molecule has 0 saturated carbocycles. The molecule has 1 aromatic carbocycles. The third-order valence-electron chi connectivity index (χ3n) is 2.65. The Balaban J connectivity index is 2.46. The molecule has 0 aliphatic carbocycles. The highest BCUT2D eigenvalue weighted by molar-refractivity contribution is 7.80. The summed E-state index contributed by atoms with van der Waals surface area (Å²) < 4.78 is 0. The number of nitrogens with one attached hydrogen (secondary N) is 2. The van der Waals surface area contributed by atoms with Crippen molar-refractivity contribution in [1.82, 2.24) is 5.32 Å². The van der Waals surface area contributed by atoms with Gasteiger partial charge in [0.05, 0.1) is 0 Å². The van der Waals surface area contributed by atoms with E-state index in [9.17, 15) is 4.79 Å². The molecule has 19 heavy (non-hydrogen) atoms. The fourth-order valence-electron chi connectivity index (χ4n) is 1.53. The highest BCUT2D eigenvalue weighted by Crippen LogP contribution is 2.15. The lowest BCUT2D eigenvalue weighted by molar-refractivity contribution is -0.119. The lowest BCUT2D eigenvalue weighted by atomic mass is 10.2. The molecule has 0 bridgehead atoms. The summed E-state index contributed by atoms with van der Waals surface area (Å²) in [6, 6.07) is 7.84. The Hall–Kier alpha value is -1.62. The van der Waals surface area contributed by atoms with Crippen molar-refractivity contribution in [3.63, 3.8) is 0 Å². The van der Waals surface area contributed by atoms with Crippen LogP contribution in [0.1, 0.15) is 26.2 Å². The highest BCUT2D eigenvalue weighted by Gasteiger charge is 2.04. The first kappa shape index (κ1) is 15.4. The largest absolute Gasteiger partial charge is 0.378 e. The molecule has 0 fully saturated rings. The van der Waals surface area contributed by atoms with Crippen molar-refractivity contribution in [2.45, 2.75) is 26.2 Å². The van der Waals surface area contributed by atoms with E-state index in [0.29, 0.717) is 11.5 Å². The predicted molar refractivity (Wildman–Crippen MR) is 84.7 cm³/mol. The Bertz CT molecular complexity index is 429. The number of rotatable bonds is 5. The Kier molecular flexibility index (Phi) is 6.29. The smallest absolute Gasteiger partial charge is 0.226 e. The zero-order valence-electron chi connectivity index (χ0n) is 11.7. The Labute approximate surface area is 120 Å². The average molecular weight is 279 g/mol. The van der Waals surface area contributed by atoms with Crippen molar-refractivity contribution in [3.05, 3.63) is 24.3 Å². The van der Waals surface area contributed by atoms with Crippen molar-refractivity contribution >= 4 is 34.6 Å². The number of hydrogen-bond acceptors (Lipinski definition) is 3. The van der Waals surface area contributed by atoms with Gasteiger partial charge in [0.1, 0.15) is 0 Å². The predicted octanol–water partition coefficient (Wildman–Crippen LogP) is 2.76. The fraction of sp³-hybridized carbons (Fsp3) is 0.429. The molecule has 0 unspecified atom stereocenters. The molecule has 0 saturated heterocycles. The maximum Gasteiger partial charge on any atom is 0.226 e. The van der Waals surface area contributed by atoms with Gasteiger partial charge in [0, 0.05) is 31.9 Å². The van der Waals surface area contributed by atoms with E-state index in [-0.39, 0.29) is 5.91 Å². The van der Waals surface area contributed by atoms with Crippen LogP contribution in [0.2, 0.25) is 0 Å². The zero-order chi connectivity index (χ0) is 14.3. The molecule has 1 amide bonds. The number of anilines is 2. The normalized spacial score (nSPS) is 9.84. The average Bonchev–Trinajstić information content (AvgIpc) is 2.36. The molecule has 2 N–H and O–H groups in total. The lowest BCUT2D eigenvalue weighted by Crippen LogP contribution is -2.33. The highest BCUT2D eigenvalue weighted by atomic mass is 32.1. The van der Waals surface area contributed by atoms with E-state index < -0.39 is 0 Å². The monoisotopic (exact) mass is 279 g/mol. The molecule has 4 nitrogen and oxygen atoms in total. The number of unbranched alkanes of at least 4 members (excludes halogenated alkanes) is 1. The quantitative estimate of drug-likeness (QED) is 0.814. The van der Waals surface area contributed by atoms with Crippen LogP contribution in [-0.2, 0) is 4.79 Å². The second kappa shape index (κ2) is 7.74. The third kappa shape index (κ3) is 5.70. The van der Waals surface area contributed by atoms with Gasteiger partial charge in [0.15, 0.2) is 5.11 Å². The van der Waals surface area contributed by atoms with Gasteiger partial charge in [0.25, 0.3) is 0 Å². The van der Waals surface area contributed by atoms with Gasteiger partial charge in [-0.25, -0.2) is 0 Å². The molecular weight excluding hydrogens is 258 g/mol. The van der Waals surface area contributed by atoms with Crippen LogP contribution in [-0.4, -0.2) is 25.1 Å². The maximum absolute atomic E-state index is 11.5. The van der Waals surface area contributed by atoms with Gasteiger partial charge in [-0.2, -0.15) is 0 Å². The summed E-state index contributed by atoms with van der Waals surface area (Å²) in [5.41, 5.74) is 1.98. The summed E-state index contributed by atoms with van der Waals surface area (Å²) in [7, 11) is 3.97. The van der Waals surface area contributed by atoms with Crippen LogP contribution in [0.15, 0.2) is 24.3 Å². The van der Waals surface area contributed by atoms with Crippen molar-refractivity contribution in [2.24, 2.45) is 0 Å². The molecule has 5 heteroatoms. The molecule has 0 aliphatic rings. The third-order valence-corrected chi connectivity index (χ3v) is 2.86. The van der Waals surface area contributed by atoms with E-state index in [1.54, 1.807) is 0 Å². The van der Waals surface area contributed by atoms with Crippen molar-refractivity contribution < 1.29 is 4.79 Å². The number of hydrogen-bond donors (Lipinski definition) is 2. The molecule has 0 spiro atoms. The summed E-state index contributed by atoms with van der Waals surface area (Å²) in [4.78, 5) is 13.5. The summed E-state index contributed by atoms with van der Waals surface area (Å²) in [5.74, 6) is -0.0377. The van der Waals surface area contributed by atoms with Crippen LogP contribution in [0.5, 0.6) is 0 Å². The number of amides is 1. The SMILES string of the molecule is CCCCC(=O)NC(=S)Nc1ccc(N(C)C)cc1. The number of thiocarbonyl (C=S) groups is 1. The van der Waals surface area contributed by atoms with E-state index in [1.807, 2.05) is 43.3 Å². The molecule has 104 valence electrons. The van der Waals surface area contributed by atoms with Gasteiger partial charge in [-0.05, 0) is 42.9 Å². The minimum Gasteiger partial charge on any atom is -0.378 e. The van der Waals surface area contributed by atoms with Gasteiger partial charge in [-0.3, -0.25) is 4.79 Å². The zero-order valence-corrected chi connectivity index (χ0v) is 12.5. The van der Waals surface area contributed by atoms with E-state index >= 15 is 0 Å². The number of carbonyl (C=O) groups is 1. The van der Waals surface area contributed by atoms with Crippen LogP contribution in [0, 0.1) is 0 Å². The Morgan fingerprint density at radius 1 is 1.26 bits per heavy atom. The van der Waals surface area contributed by atoms with Crippen LogP contribution in [0.4, 0.5) is 11.4 Å². The minimum absolute atomic E-state index is 0.0377. The first-order chi connectivity index (χ1) is 9.02. The van der Waals surface area contributed by atoms with Gasteiger partial charge in [-0.1, -0.05) is 13.3 Å². The van der Waals surface area contributed by atoms with Crippen LogP contribution in [0.25, 0.3) is 0 Å². The second-order valence-electron chi connectivity index (χ2n) is 4.55. The number of carbonyl (C=O) groups excluding carboxylic acids is 1. The molecule has 0 atom stereocenters. The summed E-state index contributed by atoms with van der Waals surface area (Å²) in [6.07, 6.45) is 2.39. The maximum atomic E-state index is 11.5. The molecule has 1 rings (SSSR count). The molecule has 0 aromatic heterocycles. The number of nitrogens with zero attached hydrogens (tertiary/aromatic N) is 1. The molecule has 1 aromatic rings. The van der Waals surface area contributed by atoms with Gasteiger partial charge in [-0.15, -0.1) is 0 Å². The Morgan fingerprint density at radius 2 is 1.89 bits per heavy atom. The molecule has 0 heterocycles. The number of benzene rings is 1. The van der Waals surface area contributed by atoms with Crippen molar-refractivity contribution in [1.29, 1.82) is 0 Å². The van der Waals surface area contributed by atoms with Crippen LogP contribution in [0.3, 0.4) is 0 Å². The van der Waals surface area contributed by atoms with Crippen LogP contribution >= 0.6 is 12.2 Å². The van der Waals surface area contributed by atoms with E-state index in [1.165, 1.54) is 0 Å². The second-order valence-corrected chi connectivity index (χ2v) is 4.96. The van der Waals surface area contributed by atoms with Gasteiger partial charge < -0.3 is 15.5 Å². The molecule has 0 radical (unpaired) electrons. The Morgan fingerprint density at radius 3 is 2.42 bits per heavy atom. The first-order valence-corrected chi connectivity index (χ1v) is 6.82. The van der Waals surface area contributed by atoms with E-state index in [0.717, 1.165) is 24.2 Å². The van der Waals surface area contributed by atoms with Crippen molar-refractivity contribution in [3.8, 4) is 0 Å². The summed E-state index contributed by atoms with van der Waals surface area (Å²) >= 11 is 5.09. The summed E-state index contributed by atoms with van der Waals surface area (Å²) in [6.45, 7) is 2.05. The molecule has 0 aliphatic heterocycles. The minimum atomic E-state index is -0.0377. The molecular formula is C14H21N3OS. The van der Waals surface area contributed by atoms with Crippen molar-refractivity contribution in [2.75, 3.05) is 24.3 Å². The standard InChI is InChI=1S/C14H21N3OS/c1-4-5-6-13(18)16-14(19)15-11-7-9-12(10-8-11)17(2)3/h7-10H,4-6H2,1-3H3,(H2,15,16,18,19). The van der Waals surface area contributed by atoms with Gasteiger partial charge >= 0.3 is 0 Å². The lowest BCUT2D eigenvalue weighted by Gasteiger charge is -2.14. The fourth-order valence-corrected chi connectivity index (χ4v) is 1.76. The van der Waals surface area contributed by atoms with Crippen LogP contribution < -0.4 is 15.5 Å².